The third-order valence-electron chi connectivity index (χ3n) is 8.16. The van der Waals surface area contributed by atoms with Gasteiger partial charge in [0.25, 0.3) is 0 Å². The van der Waals surface area contributed by atoms with Crippen LogP contribution in [-0.2, 0) is 12.8 Å². The Kier molecular flexibility index (Phi) is 10.3. The minimum atomic E-state index is 0.600. The molecular weight excluding hydrogens is 434 g/mol. The van der Waals surface area contributed by atoms with Crippen LogP contribution in [0.3, 0.4) is 0 Å². The Morgan fingerprint density at radius 3 is 1.44 bits per heavy atom. The van der Waals surface area contributed by atoms with Crippen molar-refractivity contribution in [2.75, 3.05) is 11.4 Å². The molecule has 1 nitrogen and oxygen atoms in total. The van der Waals surface area contributed by atoms with Gasteiger partial charge < -0.3 is 4.90 Å². The van der Waals surface area contributed by atoms with Gasteiger partial charge in [0.15, 0.2) is 0 Å². The number of anilines is 2. The second-order valence-electron chi connectivity index (χ2n) is 12.9. The van der Waals surface area contributed by atoms with Crippen molar-refractivity contribution in [2.24, 2.45) is 23.7 Å². The van der Waals surface area contributed by atoms with E-state index in [0.29, 0.717) is 11.8 Å². The average Bonchev–Trinajstić information content (AvgIpc) is 2.94. The van der Waals surface area contributed by atoms with Gasteiger partial charge in [-0.2, -0.15) is 0 Å². The van der Waals surface area contributed by atoms with E-state index >= 15 is 0 Å². The lowest BCUT2D eigenvalue weighted by atomic mass is 9.85. The van der Waals surface area contributed by atoms with Crippen molar-refractivity contribution in [3.05, 3.63) is 71.3 Å². The molecule has 4 unspecified atom stereocenters. The summed E-state index contributed by atoms with van der Waals surface area (Å²) in [5, 5.41) is 0. The number of fused-ring (bicyclic) bond motifs is 2. The standard InChI is InChI=1S/C35H53N/c1-10-17-36-34-15-13-30(28(8)20-26(6)18-24(2)3)22-32(34)11-12-33-23-31(14-16-35(33)36)29(9)21-27(7)19-25(4)5/h10,13-16,22-29H,1,11-12,17-21H2,2-9H3. The van der Waals surface area contributed by atoms with Gasteiger partial charge in [0.05, 0.1) is 0 Å². The number of hydrogen-bond donors (Lipinski definition) is 0. The minimum Gasteiger partial charge on any atom is -0.337 e. The molecule has 1 aliphatic rings. The van der Waals surface area contributed by atoms with Crippen molar-refractivity contribution in [1.82, 2.24) is 0 Å². The van der Waals surface area contributed by atoms with Crippen molar-refractivity contribution < 1.29 is 0 Å². The van der Waals surface area contributed by atoms with Crippen molar-refractivity contribution in [1.29, 1.82) is 0 Å². The van der Waals surface area contributed by atoms with Crippen molar-refractivity contribution in [2.45, 2.75) is 106 Å². The van der Waals surface area contributed by atoms with Crippen molar-refractivity contribution in [3.63, 3.8) is 0 Å². The molecule has 0 bridgehead atoms. The Morgan fingerprint density at radius 1 is 0.667 bits per heavy atom. The van der Waals surface area contributed by atoms with Gasteiger partial charge in [-0.15, -0.1) is 6.58 Å². The summed E-state index contributed by atoms with van der Waals surface area (Å²) in [6, 6.07) is 14.6. The summed E-state index contributed by atoms with van der Waals surface area (Å²) >= 11 is 0. The molecule has 0 aromatic heterocycles. The van der Waals surface area contributed by atoms with Gasteiger partial charge in [-0.1, -0.05) is 85.7 Å². The molecule has 0 fully saturated rings. The van der Waals surface area contributed by atoms with Gasteiger partial charge in [-0.25, -0.2) is 0 Å². The van der Waals surface area contributed by atoms with Crippen LogP contribution in [0, 0.1) is 23.7 Å². The average molecular weight is 488 g/mol. The Labute approximate surface area is 223 Å². The van der Waals surface area contributed by atoms with Crippen LogP contribution in [0.4, 0.5) is 11.4 Å². The fourth-order valence-electron chi connectivity index (χ4n) is 6.76. The number of nitrogens with zero attached hydrogens (tertiary/aromatic N) is 1. The predicted octanol–water partition coefficient (Wildman–Crippen LogP) is 10.5. The summed E-state index contributed by atoms with van der Waals surface area (Å²) in [7, 11) is 0. The Morgan fingerprint density at radius 2 is 1.08 bits per heavy atom. The molecule has 198 valence electrons. The first-order valence-corrected chi connectivity index (χ1v) is 14.7. The molecule has 0 saturated carbocycles. The summed E-state index contributed by atoms with van der Waals surface area (Å²) < 4.78 is 0. The number of hydrogen-bond acceptors (Lipinski definition) is 1. The van der Waals surface area contributed by atoms with Crippen LogP contribution in [0.25, 0.3) is 0 Å². The molecule has 2 aromatic rings. The molecule has 1 heteroatoms. The maximum Gasteiger partial charge on any atom is 0.0446 e. The smallest absolute Gasteiger partial charge is 0.0446 e. The fourth-order valence-corrected chi connectivity index (χ4v) is 6.76. The molecular formula is C35H53N. The molecule has 36 heavy (non-hydrogen) atoms. The number of aryl methyl sites for hydroxylation is 2. The Hall–Kier alpha value is -2.02. The predicted molar refractivity (Wildman–Crippen MR) is 161 cm³/mol. The maximum absolute atomic E-state index is 4.09. The normalized spacial score (nSPS) is 16.8. The first kappa shape index (κ1) is 28.5. The zero-order valence-corrected chi connectivity index (χ0v) is 24.6. The monoisotopic (exact) mass is 487 g/mol. The van der Waals surface area contributed by atoms with Crippen LogP contribution in [0.2, 0.25) is 0 Å². The first-order valence-electron chi connectivity index (χ1n) is 14.7. The summed E-state index contributed by atoms with van der Waals surface area (Å²) in [6.45, 7) is 24.0. The van der Waals surface area contributed by atoms with Gasteiger partial charge in [0, 0.05) is 17.9 Å². The second kappa shape index (κ2) is 13.0. The van der Waals surface area contributed by atoms with E-state index in [0.717, 1.165) is 43.1 Å². The van der Waals surface area contributed by atoms with Crippen LogP contribution in [0.1, 0.15) is 115 Å². The van der Waals surface area contributed by atoms with Gasteiger partial charge in [0.1, 0.15) is 0 Å². The highest BCUT2D eigenvalue weighted by Gasteiger charge is 2.23. The van der Waals surface area contributed by atoms with Crippen LogP contribution >= 0.6 is 0 Å². The lowest BCUT2D eigenvalue weighted by molar-refractivity contribution is 0.392. The lowest BCUT2D eigenvalue weighted by Crippen LogP contribution is -2.18. The molecule has 0 saturated heterocycles. The zero-order valence-electron chi connectivity index (χ0n) is 24.6. The third kappa shape index (κ3) is 7.50. The minimum absolute atomic E-state index is 0.600. The SMILES string of the molecule is C=CCN1c2ccc(C(C)CC(C)CC(C)C)cc2CCc2cc(C(C)CC(C)CC(C)C)ccc21. The van der Waals surface area contributed by atoms with Gasteiger partial charge in [-0.05, 0) is 108 Å². The van der Waals surface area contributed by atoms with Gasteiger partial charge in [0.2, 0.25) is 0 Å². The summed E-state index contributed by atoms with van der Waals surface area (Å²) in [4.78, 5) is 2.50. The number of rotatable bonds is 12. The molecule has 0 radical (unpaired) electrons. The summed E-state index contributed by atoms with van der Waals surface area (Å²) in [5.74, 6) is 4.28. The highest BCUT2D eigenvalue weighted by atomic mass is 15.1. The van der Waals surface area contributed by atoms with Crippen LogP contribution in [0.5, 0.6) is 0 Å². The largest absolute Gasteiger partial charge is 0.337 e. The topological polar surface area (TPSA) is 3.24 Å². The zero-order chi connectivity index (χ0) is 26.4. The molecule has 2 aromatic carbocycles. The quantitative estimate of drug-likeness (QED) is 0.269. The maximum atomic E-state index is 4.09. The van der Waals surface area contributed by atoms with Crippen LogP contribution in [0.15, 0.2) is 49.1 Å². The van der Waals surface area contributed by atoms with E-state index < -0.39 is 0 Å². The van der Waals surface area contributed by atoms with Crippen molar-refractivity contribution >= 4 is 11.4 Å². The first-order chi connectivity index (χ1) is 17.1. The van der Waals surface area contributed by atoms with Gasteiger partial charge in [-0.3, -0.25) is 0 Å². The molecule has 1 aliphatic heterocycles. The molecule has 1 heterocycles. The van der Waals surface area contributed by atoms with E-state index in [2.05, 4.69) is 103 Å². The highest BCUT2D eigenvalue weighted by Crippen LogP contribution is 2.40. The molecule has 0 aliphatic carbocycles. The molecule has 3 rings (SSSR count). The molecule has 4 atom stereocenters. The van der Waals surface area contributed by atoms with Crippen LogP contribution in [-0.4, -0.2) is 6.54 Å². The molecule has 0 spiro atoms. The van der Waals surface area contributed by atoms with E-state index in [1.54, 1.807) is 0 Å². The fraction of sp³-hybridized carbons (Fsp3) is 0.600. The Bertz CT molecular complexity index is 909. The van der Waals surface area contributed by atoms with E-state index in [4.69, 9.17) is 0 Å². The summed E-state index contributed by atoms with van der Waals surface area (Å²) in [6.07, 6.45) is 9.43. The van der Waals surface area contributed by atoms with E-state index in [9.17, 15) is 0 Å². The Balaban J connectivity index is 1.84. The molecule has 0 N–H and O–H groups in total. The van der Waals surface area contributed by atoms with Crippen LogP contribution < -0.4 is 4.90 Å². The summed E-state index contributed by atoms with van der Waals surface area (Å²) in [5.41, 5.74) is 8.73. The van der Waals surface area contributed by atoms with Gasteiger partial charge >= 0.3 is 0 Å². The van der Waals surface area contributed by atoms with E-state index in [1.807, 2.05) is 6.08 Å². The van der Waals surface area contributed by atoms with Crippen molar-refractivity contribution in [3.8, 4) is 0 Å². The second-order valence-corrected chi connectivity index (χ2v) is 12.9. The van der Waals surface area contributed by atoms with E-state index in [-0.39, 0.29) is 0 Å². The highest BCUT2D eigenvalue weighted by molar-refractivity contribution is 5.72. The molecule has 0 amide bonds. The lowest BCUT2D eigenvalue weighted by Gasteiger charge is -2.28. The van der Waals surface area contributed by atoms with E-state index in [1.165, 1.54) is 59.3 Å². The number of benzene rings is 2. The third-order valence-corrected chi connectivity index (χ3v) is 8.16.